The van der Waals surface area contributed by atoms with Crippen LogP contribution < -0.4 is 20.5 Å². The molecule has 3 aromatic carbocycles. The molecule has 274 valence electrons. The average Bonchev–Trinajstić information content (AvgIpc) is 3.01. The Morgan fingerprint density at radius 3 is 2.12 bits per heavy atom. The van der Waals surface area contributed by atoms with E-state index in [1.807, 2.05) is 50.0 Å². The van der Waals surface area contributed by atoms with Crippen molar-refractivity contribution in [2.24, 2.45) is 0 Å². The zero-order chi connectivity index (χ0) is 37.9. The van der Waals surface area contributed by atoms with Crippen molar-refractivity contribution in [2.45, 2.75) is 57.6 Å². The van der Waals surface area contributed by atoms with Crippen molar-refractivity contribution in [3.63, 3.8) is 0 Å². The molecule has 0 fully saturated rings. The second-order valence-corrected chi connectivity index (χ2v) is 15.4. The third-order valence-corrected chi connectivity index (χ3v) is 8.70. The topological polar surface area (TPSA) is 153 Å². The van der Waals surface area contributed by atoms with Gasteiger partial charge in [0.1, 0.15) is 40.2 Å². The van der Waals surface area contributed by atoms with E-state index < -0.39 is 44.7 Å². The molecule has 1 heterocycles. The molecule has 51 heavy (non-hydrogen) atoms. The molecule has 11 nitrogen and oxygen atoms in total. The Balaban J connectivity index is 0.000000330. The van der Waals surface area contributed by atoms with Crippen LogP contribution in [0.4, 0.5) is 30.9 Å². The monoisotopic (exact) mass is 837 g/mol. The van der Waals surface area contributed by atoms with Gasteiger partial charge in [-0.05, 0) is 118 Å². The van der Waals surface area contributed by atoms with Crippen LogP contribution in [0.5, 0.6) is 5.75 Å². The Morgan fingerprint density at radius 2 is 1.57 bits per heavy atom. The first-order chi connectivity index (χ1) is 23.9. The lowest BCUT2D eigenvalue weighted by Crippen LogP contribution is -2.36. The molecule has 1 aromatic heterocycles. The number of anilines is 3. The normalized spacial score (nSPS) is 11.3. The van der Waals surface area contributed by atoms with E-state index in [1.165, 1.54) is 24.3 Å². The first kappa shape index (κ1) is 41.1. The summed E-state index contributed by atoms with van der Waals surface area (Å²) in [5.74, 6) is -2.57. The molecule has 0 aliphatic carbocycles. The second kappa shape index (κ2) is 18.2. The van der Waals surface area contributed by atoms with Crippen LogP contribution in [0, 0.1) is 15.2 Å². The average molecular weight is 838 g/mol. The van der Waals surface area contributed by atoms with Crippen molar-refractivity contribution in [2.75, 3.05) is 31.8 Å². The van der Waals surface area contributed by atoms with Crippen LogP contribution in [0.1, 0.15) is 62.0 Å². The van der Waals surface area contributed by atoms with Crippen LogP contribution in [0.25, 0.3) is 0 Å². The number of unbranched alkanes of at least 4 members (excludes halogenated alkanes) is 1. The minimum atomic E-state index is -3.88. The molecular formula is C36H42F2IN5O6S. The van der Waals surface area contributed by atoms with Gasteiger partial charge >= 0.3 is 6.09 Å². The van der Waals surface area contributed by atoms with Gasteiger partial charge < -0.3 is 25.4 Å². The van der Waals surface area contributed by atoms with Crippen molar-refractivity contribution in [3.8, 4) is 5.75 Å². The fourth-order valence-electron chi connectivity index (χ4n) is 4.40. The molecule has 0 spiro atoms. The number of hydrogen-bond acceptors (Lipinski definition) is 10. The van der Waals surface area contributed by atoms with Gasteiger partial charge in [0.15, 0.2) is 0 Å². The number of sulfonamides is 1. The van der Waals surface area contributed by atoms with Gasteiger partial charge in [0.05, 0.1) is 17.1 Å². The predicted molar refractivity (Wildman–Crippen MR) is 202 cm³/mol. The number of aromatic nitrogens is 1. The molecule has 0 aliphatic heterocycles. The number of benzene rings is 3. The van der Waals surface area contributed by atoms with Crippen LogP contribution in [0.3, 0.4) is 0 Å². The van der Waals surface area contributed by atoms with Crippen molar-refractivity contribution in [1.29, 1.82) is 0 Å². The number of nitrogens with one attached hydrogen (secondary N) is 2. The first-order valence-corrected chi connectivity index (χ1v) is 18.4. The number of nitrogen functional groups attached to an aromatic ring is 1. The van der Waals surface area contributed by atoms with E-state index in [9.17, 15) is 26.8 Å². The number of hydrogen-bond donors (Lipinski definition) is 3. The molecule has 1 amide bonds. The fraction of sp³-hybridized carbons (Fsp3) is 0.306. The first-order valence-electron chi connectivity index (χ1n) is 15.8. The maximum atomic E-state index is 14.3. The summed E-state index contributed by atoms with van der Waals surface area (Å²) in [5.41, 5.74) is 6.41. The summed E-state index contributed by atoms with van der Waals surface area (Å²) in [6.45, 7) is 8.10. The van der Waals surface area contributed by atoms with Crippen LogP contribution >= 0.6 is 22.6 Å². The lowest BCUT2D eigenvalue weighted by atomic mass is 10.0. The molecule has 15 heteroatoms. The number of halogens is 3. The number of carbonyl (C=O) groups is 2. The van der Waals surface area contributed by atoms with E-state index >= 15 is 0 Å². The maximum Gasteiger partial charge on any atom is 0.421 e. The number of ketones is 1. The van der Waals surface area contributed by atoms with Crippen LogP contribution in [-0.2, 0) is 21.3 Å². The highest BCUT2D eigenvalue weighted by Crippen LogP contribution is 2.32. The van der Waals surface area contributed by atoms with Crippen LogP contribution in [-0.4, -0.2) is 56.5 Å². The van der Waals surface area contributed by atoms with Crippen molar-refractivity contribution in [1.82, 2.24) is 14.6 Å². The minimum Gasteiger partial charge on any atom is -0.493 e. The van der Waals surface area contributed by atoms with Gasteiger partial charge in [0.2, 0.25) is 5.78 Å². The molecule has 4 N–H and O–H groups in total. The third-order valence-electron chi connectivity index (χ3n) is 6.65. The molecule has 0 radical (unpaired) electrons. The maximum absolute atomic E-state index is 14.3. The SMILES string of the molecule is CC(C)(C)OC(=O)NS(=O)(=O)c1ccc(I)cc1.CCCCOc1cc(Nc2ccc(CN(C)C)cc2)nc(N)c1C(=O)c1c(F)cccc1F. The molecule has 0 aliphatic rings. The van der Waals surface area contributed by atoms with E-state index in [-0.39, 0.29) is 22.0 Å². The molecule has 4 aromatic rings. The van der Waals surface area contributed by atoms with Crippen molar-refractivity contribution in [3.05, 3.63) is 105 Å². The zero-order valence-corrected chi connectivity index (χ0v) is 32.2. The number of pyridine rings is 1. The second-order valence-electron chi connectivity index (χ2n) is 12.5. The van der Waals surface area contributed by atoms with E-state index in [1.54, 1.807) is 32.9 Å². The van der Waals surface area contributed by atoms with Gasteiger partial charge in [-0.3, -0.25) is 4.79 Å². The Kier molecular flexibility index (Phi) is 14.7. The molecule has 4 rings (SSSR count). The molecule has 0 bridgehead atoms. The van der Waals surface area contributed by atoms with E-state index in [4.69, 9.17) is 15.2 Å². The number of amides is 1. The summed E-state index contributed by atoms with van der Waals surface area (Å²) < 4.78 is 65.6. The molecule has 0 saturated heterocycles. The number of nitrogens with zero attached hydrogens (tertiary/aromatic N) is 2. The highest BCUT2D eigenvalue weighted by molar-refractivity contribution is 14.1. The van der Waals surface area contributed by atoms with Gasteiger partial charge in [0, 0.05) is 21.9 Å². The third kappa shape index (κ3) is 12.7. The zero-order valence-electron chi connectivity index (χ0n) is 29.2. The smallest absolute Gasteiger partial charge is 0.421 e. The number of carbonyl (C=O) groups excluding carboxylic acids is 2. The standard InChI is InChI=1S/C25H28F2N4O2.C11H14INO4S/c1-4-5-13-33-20-14-21(29-17-11-9-16(10-12-17)15-31(2)3)30-25(28)23(20)24(32)22-18(26)7-6-8-19(22)27;1-11(2,3)17-10(14)13-18(15,16)9-6-4-8(12)5-7-9/h6-12,14H,4-5,13,15H2,1-3H3,(H3,28,29,30);4-7H,1-3H3,(H,13,14). The summed E-state index contributed by atoms with van der Waals surface area (Å²) in [6, 6.07) is 18.7. The Bertz CT molecular complexity index is 1900. The lowest BCUT2D eigenvalue weighted by Gasteiger charge is -2.19. The number of ether oxygens (including phenoxy) is 2. The number of nitrogens with two attached hydrogens (primary N) is 1. The van der Waals surface area contributed by atoms with Crippen molar-refractivity contribution < 1.29 is 36.3 Å². The largest absolute Gasteiger partial charge is 0.493 e. The summed E-state index contributed by atoms with van der Waals surface area (Å²) in [6.07, 6.45) is 0.622. The van der Waals surface area contributed by atoms with Gasteiger partial charge in [-0.1, -0.05) is 31.5 Å². The molecule has 0 saturated carbocycles. The Morgan fingerprint density at radius 1 is 0.961 bits per heavy atom. The molecule has 0 unspecified atom stereocenters. The minimum absolute atomic E-state index is 0.0220. The van der Waals surface area contributed by atoms with Crippen LogP contribution in [0.15, 0.2) is 77.7 Å². The highest BCUT2D eigenvalue weighted by atomic mass is 127. The highest BCUT2D eigenvalue weighted by Gasteiger charge is 2.26. The van der Waals surface area contributed by atoms with Gasteiger partial charge in [-0.15, -0.1) is 0 Å². The number of rotatable bonds is 12. The van der Waals surface area contributed by atoms with Gasteiger partial charge in [-0.25, -0.2) is 31.7 Å². The Labute approximate surface area is 311 Å². The molecule has 0 atom stereocenters. The predicted octanol–water partition coefficient (Wildman–Crippen LogP) is 7.66. The van der Waals surface area contributed by atoms with Crippen LogP contribution in [0.2, 0.25) is 0 Å². The Hall–Kier alpha value is -4.35. The van der Waals surface area contributed by atoms with E-state index in [0.29, 0.717) is 12.4 Å². The summed E-state index contributed by atoms with van der Waals surface area (Å²) >= 11 is 2.06. The fourth-order valence-corrected chi connectivity index (χ4v) is 5.63. The lowest BCUT2D eigenvalue weighted by molar-refractivity contribution is 0.0570. The molecular weight excluding hydrogens is 795 g/mol. The summed E-state index contributed by atoms with van der Waals surface area (Å²) in [5, 5.41) is 3.14. The van der Waals surface area contributed by atoms with E-state index in [2.05, 4.69) is 37.8 Å². The van der Waals surface area contributed by atoms with E-state index in [0.717, 1.165) is 46.3 Å². The quantitative estimate of drug-likeness (QED) is 0.0737. The summed E-state index contributed by atoms with van der Waals surface area (Å²) in [4.78, 5) is 30.8. The van der Waals surface area contributed by atoms with Gasteiger partial charge in [0.25, 0.3) is 10.0 Å². The summed E-state index contributed by atoms with van der Waals surface area (Å²) in [7, 11) is 0.113. The van der Waals surface area contributed by atoms with Crippen molar-refractivity contribution >= 4 is 61.8 Å². The van der Waals surface area contributed by atoms with Gasteiger partial charge in [-0.2, -0.15) is 0 Å².